The maximum atomic E-state index is 12.7. The highest BCUT2D eigenvalue weighted by Crippen LogP contribution is 2.36. The van der Waals surface area contributed by atoms with Gasteiger partial charge in [-0.2, -0.15) is 13.2 Å². The Morgan fingerprint density at radius 3 is 2.25 bits per heavy atom. The molecule has 2 heterocycles. The zero-order valence-corrected chi connectivity index (χ0v) is 14.8. The van der Waals surface area contributed by atoms with Gasteiger partial charge in [-0.15, -0.1) is 0 Å². The standard InChI is InChI=1S/C15H19F3N2O2.C2H6/c1-9-8-19-13(12(10(9)2)14(21)22-3)20-6-4-11(5-7-20)15(16,17)18;1-2/h8,11H,4-7H2,1-3H3;1-2H3. The van der Waals surface area contributed by atoms with Crippen molar-refractivity contribution >= 4 is 11.8 Å². The summed E-state index contributed by atoms with van der Waals surface area (Å²) in [6, 6.07) is 0. The highest BCUT2D eigenvalue weighted by atomic mass is 19.4. The normalized spacial score (nSPS) is 15.6. The van der Waals surface area contributed by atoms with Crippen LogP contribution in [0.5, 0.6) is 0 Å². The van der Waals surface area contributed by atoms with E-state index < -0.39 is 18.1 Å². The number of methoxy groups -OCH3 is 1. The van der Waals surface area contributed by atoms with Crippen LogP contribution in [0.1, 0.15) is 48.2 Å². The second kappa shape index (κ2) is 8.35. The van der Waals surface area contributed by atoms with Gasteiger partial charge in [0.2, 0.25) is 0 Å². The molecule has 0 aromatic carbocycles. The monoisotopic (exact) mass is 346 g/mol. The SMILES string of the molecule is CC.COC(=O)c1c(N2CCC(C(F)(F)F)CC2)ncc(C)c1C. The predicted molar refractivity (Wildman–Crippen MR) is 87.4 cm³/mol. The molecule has 4 nitrogen and oxygen atoms in total. The molecule has 0 amide bonds. The first-order valence-corrected chi connectivity index (χ1v) is 8.12. The van der Waals surface area contributed by atoms with Gasteiger partial charge in [-0.3, -0.25) is 0 Å². The molecule has 0 atom stereocenters. The number of hydrogen-bond acceptors (Lipinski definition) is 4. The number of nitrogens with zero attached hydrogens (tertiary/aromatic N) is 2. The van der Waals surface area contributed by atoms with Crippen LogP contribution in [-0.2, 0) is 4.74 Å². The van der Waals surface area contributed by atoms with E-state index in [0.717, 1.165) is 11.1 Å². The van der Waals surface area contributed by atoms with Gasteiger partial charge in [0, 0.05) is 19.3 Å². The van der Waals surface area contributed by atoms with Crippen LogP contribution in [0.25, 0.3) is 0 Å². The van der Waals surface area contributed by atoms with Crippen LogP contribution < -0.4 is 4.90 Å². The van der Waals surface area contributed by atoms with E-state index in [9.17, 15) is 18.0 Å². The van der Waals surface area contributed by atoms with Crippen LogP contribution in [0.3, 0.4) is 0 Å². The van der Waals surface area contributed by atoms with Crippen LogP contribution in [0.4, 0.5) is 19.0 Å². The van der Waals surface area contributed by atoms with Gasteiger partial charge in [-0.1, -0.05) is 13.8 Å². The lowest BCUT2D eigenvalue weighted by atomic mass is 9.95. The lowest BCUT2D eigenvalue weighted by Gasteiger charge is -2.34. The van der Waals surface area contributed by atoms with Crippen molar-refractivity contribution in [3.8, 4) is 0 Å². The molecule has 0 N–H and O–H groups in total. The van der Waals surface area contributed by atoms with Crippen LogP contribution in [0.2, 0.25) is 0 Å². The van der Waals surface area contributed by atoms with Crippen LogP contribution in [-0.4, -0.2) is 37.3 Å². The molecule has 0 saturated carbocycles. The number of carbonyl (C=O) groups is 1. The second-order valence-electron chi connectivity index (χ2n) is 5.56. The van der Waals surface area contributed by atoms with Crippen molar-refractivity contribution in [1.29, 1.82) is 0 Å². The summed E-state index contributed by atoms with van der Waals surface area (Å²) >= 11 is 0. The molecule has 2 rings (SSSR count). The molecule has 136 valence electrons. The molecule has 0 aliphatic carbocycles. The summed E-state index contributed by atoms with van der Waals surface area (Å²) in [5, 5.41) is 0. The molecule has 1 aliphatic rings. The van der Waals surface area contributed by atoms with Crippen LogP contribution >= 0.6 is 0 Å². The lowest BCUT2D eigenvalue weighted by Crippen LogP contribution is -2.40. The average molecular weight is 346 g/mol. The number of carbonyl (C=O) groups excluding carboxylic acids is 1. The van der Waals surface area contributed by atoms with E-state index in [1.54, 1.807) is 18.0 Å². The third-order valence-electron chi connectivity index (χ3n) is 4.22. The summed E-state index contributed by atoms with van der Waals surface area (Å²) in [5.74, 6) is -1.38. The van der Waals surface area contributed by atoms with Gasteiger partial charge in [0.15, 0.2) is 0 Å². The van der Waals surface area contributed by atoms with Crippen molar-refractivity contribution in [3.05, 3.63) is 22.9 Å². The Labute approximate surface area is 141 Å². The van der Waals surface area contributed by atoms with Crippen molar-refractivity contribution in [2.75, 3.05) is 25.1 Å². The largest absolute Gasteiger partial charge is 0.465 e. The molecule has 0 spiro atoms. The first kappa shape index (κ1) is 20.3. The Hall–Kier alpha value is -1.79. The third kappa shape index (κ3) is 4.39. The highest BCUT2D eigenvalue weighted by Gasteiger charge is 2.41. The predicted octanol–water partition coefficient (Wildman–Crippen LogP) is 4.29. The minimum atomic E-state index is -4.16. The first-order chi connectivity index (χ1) is 11.3. The van der Waals surface area contributed by atoms with E-state index in [-0.39, 0.29) is 25.9 Å². The topological polar surface area (TPSA) is 42.4 Å². The van der Waals surface area contributed by atoms with Gasteiger partial charge in [-0.05, 0) is 37.8 Å². The fraction of sp³-hybridized carbons (Fsp3) is 0.647. The van der Waals surface area contributed by atoms with Gasteiger partial charge >= 0.3 is 12.1 Å². The van der Waals surface area contributed by atoms with Crippen molar-refractivity contribution in [3.63, 3.8) is 0 Å². The fourth-order valence-corrected chi connectivity index (χ4v) is 2.69. The molecule has 1 aromatic rings. The molecular weight excluding hydrogens is 321 g/mol. The molecule has 7 heteroatoms. The maximum Gasteiger partial charge on any atom is 0.391 e. The van der Waals surface area contributed by atoms with E-state index in [1.165, 1.54) is 7.11 Å². The minimum Gasteiger partial charge on any atom is -0.465 e. The smallest absolute Gasteiger partial charge is 0.391 e. The van der Waals surface area contributed by atoms with Crippen molar-refractivity contribution in [1.82, 2.24) is 4.98 Å². The van der Waals surface area contributed by atoms with Crippen LogP contribution in [0.15, 0.2) is 6.20 Å². The van der Waals surface area contributed by atoms with E-state index in [2.05, 4.69) is 4.98 Å². The molecular formula is C17H25F3N2O2. The van der Waals surface area contributed by atoms with Gasteiger partial charge in [-0.25, -0.2) is 9.78 Å². The maximum absolute atomic E-state index is 12.7. The molecule has 0 unspecified atom stereocenters. The quantitative estimate of drug-likeness (QED) is 0.749. The number of halogens is 3. The van der Waals surface area contributed by atoms with Crippen molar-refractivity contribution in [2.24, 2.45) is 5.92 Å². The summed E-state index contributed by atoms with van der Waals surface area (Å²) in [4.78, 5) is 18.0. The Kier molecular flexibility index (Phi) is 7.05. The number of aryl methyl sites for hydroxylation is 1. The summed E-state index contributed by atoms with van der Waals surface area (Å²) in [7, 11) is 1.28. The Morgan fingerprint density at radius 1 is 1.25 bits per heavy atom. The molecule has 0 bridgehead atoms. The molecule has 1 aliphatic heterocycles. The fourth-order valence-electron chi connectivity index (χ4n) is 2.69. The molecule has 1 saturated heterocycles. The molecule has 0 radical (unpaired) electrons. The van der Waals surface area contributed by atoms with E-state index in [1.807, 2.05) is 20.8 Å². The average Bonchev–Trinajstić information content (AvgIpc) is 2.57. The number of anilines is 1. The Balaban J connectivity index is 0.00000139. The summed E-state index contributed by atoms with van der Waals surface area (Å²) in [5.41, 5.74) is 1.93. The molecule has 1 fully saturated rings. The second-order valence-corrected chi connectivity index (χ2v) is 5.56. The third-order valence-corrected chi connectivity index (χ3v) is 4.22. The minimum absolute atomic E-state index is 0.0126. The zero-order chi connectivity index (χ0) is 18.5. The highest BCUT2D eigenvalue weighted by molar-refractivity contribution is 5.96. The number of aromatic nitrogens is 1. The zero-order valence-electron chi connectivity index (χ0n) is 14.8. The van der Waals surface area contributed by atoms with Gasteiger partial charge in [0.05, 0.1) is 13.0 Å². The van der Waals surface area contributed by atoms with E-state index >= 15 is 0 Å². The van der Waals surface area contributed by atoms with Crippen molar-refractivity contribution in [2.45, 2.75) is 46.7 Å². The Bertz CT molecular complexity index is 566. The van der Waals surface area contributed by atoms with Crippen LogP contribution in [0, 0.1) is 19.8 Å². The van der Waals surface area contributed by atoms with E-state index in [0.29, 0.717) is 11.4 Å². The van der Waals surface area contributed by atoms with E-state index in [4.69, 9.17) is 4.74 Å². The summed E-state index contributed by atoms with van der Waals surface area (Å²) in [6.45, 7) is 8.07. The lowest BCUT2D eigenvalue weighted by molar-refractivity contribution is -0.179. The number of esters is 1. The number of piperidine rings is 1. The number of rotatable bonds is 2. The van der Waals surface area contributed by atoms with Gasteiger partial charge in [0.25, 0.3) is 0 Å². The first-order valence-electron chi connectivity index (χ1n) is 8.12. The summed E-state index contributed by atoms with van der Waals surface area (Å²) in [6.07, 6.45) is -2.50. The van der Waals surface area contributed by atoms with Gasteiger partial charge < -0.3 is 9.64 Å². The molecule has 24 heavy (non-hydrogen) atoms. The number of ether oxygens (including phenoxy) is 1. The molecule has 1 aromatic heterocycles. The number of pyridine rings is 1. The summed E-state index contributed by atoms with van der Waals surface area (Å²) < 4.78 is 43.0. The Morgan fingerprint density at radius 2 is 1.79 bits per heavy atom. The van der Waals surface area contributed by atoms with Crippen molar-refractivity contribution < 1.29 is 22.7 Å². The number of hydrogen-bond donors (Lipinski definition) is 0. The number of alkyl halides is 3. The van der Waals surface area contributed by atoms with Gasteiger partial charge in [0.1, 0.15) is 11.4 Å².